The maximum atomic E-state index is 14.0. The highest BCUT2D eigenvalue weighted by molar-refractivity contribution is 6.03. The van der Waals surface area contributed by atoms with Crippen molar-refractivity contribution in [3.8, 4) is 11.1 Å². The van der Waals surface area contributed by atoms with E-state index in [1.54, 1.807) is 6.07 Å². The molecule has 0 N–H and O–H groups in total. The van der Waals surface area contributed by atoms with E-state index in [1.807, 2.05) is 19.1 Å². The molecule has 4 heterocycles. The van der Waals surface area contributed by atoms with Gasteiger partial charge in [-0.15, -0.1) is 0 Å². The molecular weight excluding hydrogens is 373 g/mol. The Morgan fingerprint density at radius 2 is 1.63 bits per heavy atom. The van der Waals surface area contributed by atoms with Crippen LogP contribution in [0, 0.1) is 19.7 Å². The van der Waals surface area contributed by atoms with Crippen molar-refractivity contribution >= 4 is 16.6 Å². The summed E-state index contributed by atoms with van der Waals surface area (Å²) in [4.78, 5) is 8.00. The summed E-state index contributed by atoms with van der Waals surface area (Å²) in [7, 11) is 0. The lowest BCUT2D eigenvalue weighted by Gasteiger charge is -2.49. The minimum Gasteiger partial charge on any atom is -0.287 e. The van der Waals surface area contributed by atoms with Gasteiger partial charge in [-0.3, -0.25) is 9.38 Å². The highest BCUT2D eigenvalue weighted by Gasteiger charge is 2.43. The first-order valence-corrected chi connectivity index (χ1v) is 11.2. The number of fused-ring (bicyclic) bond motifs is 4. The molecule has 3 aliphatic heterocycles. The van der Waals surface area contributed by atoms with Crippen LogP contribution in [0.2, 0.25) is 0 Å². The molecule has 3 saturated heterocycles. The van der Waals surface area contributed by atoms with Gasteiger partial charge in [0, 0.05) is 25.2 Å². The maximum Gasteiger partial charge on any atom is 0.235 e. The summed E-state index contributed by atoms with van der Waals surface area (Å²) >= 11 is 0. The van der Waals surface area contributed by atoms with E-state index in [4.69, 9.17) is 4.98 Å². The smallest absolute Gasteiger partial charge is 0.235 e. The zero-order valence-electron chi connectivity index (χ0n) is 18.5. The normalized spacial score (nSPS) is 23.5. The molecule has 0 aliphatic carbocycles. The Bertz CT molecular complexity index is 1110. The third kappa shape index (κ3) is 3.05. The van der Waals surface area contributed by atoms with Crippen LogP contribution in [0.1, 0.15) is 36.6 Å². The Morgan fingerprint density at radius 1 is 0.933 bits per heavy atom. The van der Waals surface area contributed by atoms with E-state index in [1.165, 1.54) is 27.7 Å². The molecule has 0 amide bonds. The fourth-order valence-corrected chi connectivity index (χ4v) is 5.30. The minimum absolute atomic E-state index is 0.154. The summed E-state index contributed by atoms with van der Waals surface area (Å²) < 4.78 is 15.0. The van der Waals surface area contributed by atoms with Gasteiger partial charge in [-0.25, -0.2) is 4.39 Å². The maximum absolute atomic E-state index is 14.0. The van der Waals surface area contributed by atoms with Crippen LogP contribution in [0.4, 0.5) is 10.2 Å². The van der Waals surface area contributed by atoms with Gasteiger partial charge < -0.3 is 0 Å². The molecule has 0 spiro atoms. The summed E-state index contributed by atoms with van der Waals surface area (Å²) in [6.45, 7) is 15.3. The SMILES string of the molecule is Cc1ccc2c(-c3ccc(F)c(C)c3)c(C(C)C)nc([N+]34CCN(CC3)CC4)c2c1. The lowest BCUT2D eigenvalue weighted by atomic mass is 9.90. The monoisotopic (exact) mass is 404 g/mol. The van der Waals surface area contributed by atoms with Gasteiger partial charge >= 0.3 is 0 Å². The first kappa shape index (κ1) is 19.7. The van der Waals surface area contributed by atoms with E-state index >= 15 is 0 Å². The summed E-state index contributed by atoms with van der Waals surface area (Å²) in [5, 5.41) is 2.52. The standard InChI is InChI=1S/C26H31FN3/c1-17(2)25-24(20-6-8-23(27)19(4)16-20)21-7-5-18(3)15-22(21)26(28-25)30-12-9-29(10-13-30)11-14-30/h5-8,15-17H,9-14H2,1-4H3/q+1. The Morgan fingerprint density at radius 3 is 2.27 bits per heavy atom. The fourth-order valence-electron chi connectivity index (χ4n) is 5.30. The minimum atomic E-state index is -0.154. The average Bonchev–Trinajstić information content (AvgIpc) is 2.75. The number of aryl methyl sites for hydroxylation is 2. The molecule has 2 bridgehead atoms. The summed E-state index contributed by atoms with van der Waals surface area (Å²) in [6.07, 6.45) is 0. The van der Waals surface area contributed by atoms with E-state index in [-0.39, 0.29) is 5.82 Å². The Balaban J connectivity index is 1.83. The molecule has 0 atom stereocenters. The van der Waals surface area contributed by atoms with Crippen molar-refractivity contribution in [3.05, 3.63) is 59.0 Å². The zero-order valence-corrected chi connectivity index (χ0v) is 18.5. The van der Waals surface area contributed by atoms with Crippen molar-refractivity contribution in [1.82, 2.24) is 14.4 Å². The van der Waals surface area contributed by atoms with Crippen molar-refractivity contribution in [2.75, 3.05) is 39.3 Å². The third-order valence-corrected chi connectivity index (χ3v) is 7.14. The number of rotatable bonds is 3. The van der Waals surface area contributed by atoms with Gasteiger partial charge in [-0.2, -0.15) is 4.98 Å². The van der Waals surface area contributed by atoms with Gasteiger partial charge in [0.1, 0.15) is 5.82 Å². The number of pyridine rings is 1. The predicted octanol–water partition coefficient (Wildman–Crippen LogP) is 5.42. The first-order valence-electron chi connectivity index (χ1n) is 11.2. The van der Waals surface area contributed by atoms with Gasteiger partial charge in [-0.05, 0) is 54.5 Å². The molecule has 3 nitrogen and oxygen atoms in total. The van der Waals surface area contributed by atoms with E-state index in [0.717, 1.165) is 55.0 Å². The number of quaternary nitrogens is 1. The van der Waals surface area contributed by atoms with Gasteiger partial charge in [-0.1, -0.05) is 37.6 Å². The van der Waals surface area contributed by atoms with Crippen LogP contribution in [0.25, 0.3) is 21.9 Å². The van der Waals surface area contributed by atoms with E-state index < -0.39 is 0 Å². The van der Waals surface area contributed by atoms with Gasteiger partial charge in [0.25, 0.3) is 0 Å². The van der Waals surface area contributed by atoms with Gasteiger partial charge in [0.05, 0.1) is 30.7 Å². The second-order valence-electron chi connectivity index (χ2n) is 9.52. The zero-order chi connectivity index (χ0) is 21.0. The van der Waals surface area contributed by atoms with Crippen molar-refractivity contribution < 1.29 is 4.39 Å². The number of piperazine rings is 3. The van der Waals surface area contributed by atoms with Crippen LogP contribution in [0.5, 0.6) is 0 Å². The highest BCUT2D eigenvalue weighted by atomic mass is 19.1. The van der Waals surface area contributed by atoms with E-state index in [0.29, 0.717) is 11.5 Å². The number of nitrogens with zero attached hydrogens (tertiary/aromatic N) is 3. The molecule has 0 radical (unpaired) electrons. The molecule has 0 saturated carbocycles. The molecule has 6 rings (SSSR count). The second-order valence-corrected chi connectivity index (χ2v) is 9.52. The van der Waals surface area contributed by atoms with Crippen LogP contribution in [-0.4, -0.2) is 49.2 Å². The number of benzene rings is 2. The number of hydrogen-bond donors (Lipinski definition) is 0. The van der Waals surface area contributed by atoms with Crippen LogP contribution in [-0.2, 0) is 0 Å². The van der Waals surface area contributed by atoms with Crippen LogP contribution in [0.3, 0.4) is 0 Å². The molecule has 3 aliphatic rings. The highest BCUT2D eigenvalue weighted by Crippen LogP contribution is 2.42. The molecule has 156 valence electrons. The van der Waals surface area contributed by atoms with Crippen molar-refractivity contribution in [2.45, 2.75) is 33.6 Å². The number of hydrogen-bond acceptors (Lipinski definition) is 2. The lowest BCUT2D eigenvalue weighted by Crippen LogP contribution is -2.68. The summed E-state index contributed by atoms with van der Waals surface area (Å²) in [5.74, 6) is 1.39. The van der Waals surface area contributed by atoms with Crippen molar-refractivity contribution in [2.24, 2.45) is 0 Å². The third-order valence-electron chi connectivity index (χ3n) is 7.14. The van der Waals surface area contributed by atoms with E-state index in [2.05, 4.69) is 43.9 Å². The summed E-state index contributed by atoms with van der Waals surface area (Å²) in [5.41, 5.74) is 5.31. The molecule has 2 aromatic carbocycles. The average molecular weight is 405 g/mol. The molecule has 4 heteroatoms. The predicted molar refractivity (Wildman–Crippen MR) is 124 cm³/mol. The topological polar surface area (TPSA) is 16.1 Å². The van der Waals surface area contributed by atoms with Crippen molar-refractivity contribution in [3.63, 3.8) is 0 Å². The fraction of sp³-hybridized carbons (Fsp3) is 0.423. The molecule has 1 aromatic heterocycles. The van der Waals surface area contributed by atoms with Crippen LogP contribution >= 0.6 is 0 Å². The van der Waals surface area contributed by atoms with Crippen LogP contribution in [0.15, 0.2) is 36.4 Å². The molecular formula is C26H31FN3+. The Kier molecular flexibility index (Phi) is 4.68. The number of halogens is 1. The second kappa shape index (κ2) is 7.14. The quantitative estimate of drug-likeness (QED) is 0.542. The summed E-state index contributed by atoms with van der Waals surface area (Å²) in [6, 6.07) is 12.3. The van der Waals surface area contributed by atoms with Crippen LogP contribution < -0.4 is 4.48 Å². The molecule has 0 unspecified atom stereocenters. The molecule has 30 heavy (non-hydrogen) atoms. The van der Waals surface area contributed by atoms with Gasteiger partial charge in [0.2, 0.25) is 5.82 Å². The van der Waals surface area contributed by atoms with Crippen molar-refractivity contribution in [1.29, 1.82) is 0 Å². The lowest BCUT2D eigenvalue weighted by molar-refractivity contribution is 0.0665. The largest absolute Gasteiger partial charge is 0.287 e. The van der Waals surface area contributed by atoms with Gasteiger partial charge in [0.15, 0.2) is 0 Å². The Labute approximate surface area is 178 Å². The first-order chi connectivity index (χ1) is 14.4. The molecule has 3 fully saturated rings. The molecule has 3 aromatic rings. The number of aromatic nitrogens is 1. The van der Waals surface area contributed by atoms with E-state index in [9.17, 15) is 4.39 Å². The Hall–Kier alpha value is -2.30.